The summed E-state index contributed by atoms with van der Waals surface area (Å²) < 4.78 is 0.981. The monoisotopic (exact) mass is 377 g/mol. The van der Waals surface area contributed by atoms with E-state index in [0.717, 1.165) is 9.37 Å². The van der Waals surface area contributed by atoms with Gasteiger partial charge in [0, 0.05) is 9.37 Å². The zero-order valence-electron chi connectivity index (χ0n) is 11.0. The summed E-state index contributed by atoms with van der Waals surface area (Å²) in [5.74, 6) is -0.325. The van der Waals surface area contributed by atoms with Gasteiger partial charge in [-0.15, -0.1) is 11.8 Å². The first-order valence-electron chi connectivity index (χ1n) is 5.92. The summed E-state index contributed by atoms with van der Waals surface area (Å²) in [6.45, 7) is 0. The predicted molar refractivity (Wildman–Crippen MR) is 87.4 cm³/mol. The minimum atomic E-state index is -0.985. The van der Waals surface area contributed by atoms with Crippen molar-refractivity contribution in [3.63, 3.8) is 0 Å². The molecule has 20 heavy (non-hydrogen) atoms. The van der Waals surface area contributed by atoms with Gasteiger partial charge in [0.25, 0.3) is 0 Å². The highest BCUT2D eigenvalue weighted by atomic mass is 79.9. The normalized spacial score (nSPS) is 11.9. The Morgan fingerprint density at radius 3 is 2.55 bits per heavy atom. The molecule has 0 aliphatic heterocycles. The zero-order valence-corrected chi connectivity index (χ0v) is 14.2. The van der Waals surface area contributed by atoms with E-state index >= 15 is 0 Å². The molecule has 7 heteroatoms. The number of thioether (sulfide) groups is 2. The molecule has 0 aliphatic rings. The van der Waals surface area contributed by atoms with Crippen LogP contribution in [0.5, 0.6) is 0 Å². The van der Waals surface area contributed by atoms with Crippen molar-refractivity contribution in [2.24, 2.45) is 0 Å². The number of carboxylic acid groups (broad SMARTS) is 1. The molecule has 1 rings (SSSR count). The van der Waals surface area contributed by atoms with Gasteiger partial charge in [-0.25, -0.2) is 4.79 Å². The van der Waals surface area contributed by atoms with E-state index in [4.69, 9.17) is 5.11 Å². The maximum absolute atomic E-state index is 11.7. The van der Waals surface area contributed by atoms with E-state index < -0.39 is 12.0 Å². The number of carboxylic acids is 1. The quantitative estimate of drug-likeness (QED) is 0.681. The van der Waals surface area contributed by atoms with Crippen molar-refractivity contribution in [2.45, 2.75) is 17.4 Å². The molecular weight excluding hydrogens is 362 g/mol. The number of carbonyl (C=O) groups is 2. The van der Waals surface area contributed by atoms with Crippen molar-refractivity contribution in [3.05, 3.63) is 28.7 Å². The van der Waals surface area contributed by atoms with E-state index in [-0.39, 0.29) is 11.7 Å². The van der Waals surface area contributed by atoms with Crippen LogP contribution in [0.3, 0.4) is 0 Å². The number of nitrogens with one attached hydrogen (secondary N) is 1. The predicted octanol–water partition coefficient (Wildman–Crippen LogP) is 2.86. The molecule has 110 valence electrons. The molecule has 0 radical (unpaired) electrons. The third-order valence-electron chi connectivity index (χ3n) is 2.43. The van der Waals surface area contributed by atoms with Crippen LogP contribution in [0.1, 0.15) is 6.42 Å². The van der Waals surface area contributed by atoms with Gasteiger partial charge in [0.2, 0.25) is 5.91 Å². The Morgan fingerprint density at radius 1 is 1.35 bits per heavy atom. The second-order valence-corrected chi connectivity index (χ2v) is 6.93. The molecule has 0 bridgehead atoms. The molecule has 0 unspecified atom stereocenters. The molecule has 1 aromatic rings. The fourth-order valence-corrected chi connectivity index (χ4v) is 2.85. The standard InChI is InChI=1S/C13H16BrNO3S2/c1-19-7-6-11(13(17)18)15-12(16)8-20-10-4-2-9(14)3-5-10/h2-5,11H,6-8H2,1H3,(H,15,16)(H,17,18)/t11-/m0/s1. The van der Waals surface area contributed by atoms with E-state index in [1.54, 1.807) is 11.8 Å². The van der Waals surface area contributed by atoms with Gasteiger partial charge in [-0.05, 0) is 42.7 Å². The van der Waals surface area contributed by atoms with Gasteiger partial charge in [-0.3, -0.25) is 4.79 Å². The van der Waals surface area contributed by atoms with Crippen LogP contribution in [0.15, 0.2) is 33.6 Å². The van der Waals surface area contributed by atoms with E-state index in [9.17, 15) is 9.59 Å². The number of carbonyl (C=O) groups excluding carboxylic acids is 1. The van der Waals surface area contributed by atoms with Gasteiger partial charge < -0.3 is 10.4 Å². The molecule has 1 aromatic carbocycles. The summed E-state index contributed by atoms with van der Waals surface area (Å²) in [5.41, 5.74) is 0. The summed E-state index contributed by atoms with van der Waals surface area (Å²) in [4.78, 5) is 23.7. The maximum Gasteiger partial charge on any atom is 0.326 e. The van der Waals surface area contributed by atoms with Gasteiger partial charge >= 0.3 is 5.97 Å². The molecule has 0 fully saturated rings. The molecule has 0 aliphatic carbocycles. The maximum atomic E-state index is 11.7. The second kappa shape index (κ2) is 9.31. The molecule has 4 nitrogen and oxygen atoms in total. The van der Waals surface area contributed by atoms with Crippen LogP contribution in [0, 0.1) is 0 Å². The lowest BCUT2D eigenvalue weighted by molar-refractivity contribution is -0.141. The van der Waals surface area contributed by atoms with Gasteiger partial charge in [0.05, 0.1) is 5.75 Å². The number of halogens is 1. The van der Waals surface area contributed by atoms with Crippen LogP contribution in [0.4, 0.5) is 0 Å². The summed E-state index contributed by atoms with van der Waals surface area (Å²) in [7, 11) is 0. The van der Waals surface area contributed by atoms with Crippen molar-refractivity contribution >= 4 is 51.3 Å². The minimum absolute atomic E-state index is 0.213. The summed E-state index contributed by atoms with van der Waals surface area (Å²) in [6.07, 6.45) is 2.34. The lowest BCUT2D eigenvalue weighted by atomic mass is 10.2. The molecule has 0 saturated carbocycles. The highest BCUT2D eigenvalue weighted by molar-refractivity contribution is 9.10. The van der Waals surface area contributed by atoms with Gasteiger partial charge in [-0.1, -0.05) is 15.9 Å². The number of benzene rings is 1. The molecule has 1 atom stereocenters. The third-order valence-corrected chi connectivity index (χ3v) is 4.61. The van der Waals surface area contributed by atoms with E-state index in [1.807, 2.05) is 30.5 Å². The molecule has 0 heterocycles. The Labute approximate surface area is 135 Å². The van der Waals surface area contributed by atoms with Gasteiger partial charge in [0.15, 0.2) is 0 Å². The second-order valence-electron chi connectivity index (χ2n) is 3.98. The third kappa shape index (κ3) is 6.67. The molecule has 0 aromatic heterocycles. The SMILES string of the molecule is CSCC[C@H](NC(=O)CSc1ccc(Br)cc1)C(=O)O. The summed E-state index contributed by atoms with van der Waals surface area (Å²) in [6, 6.07) is 6.81. The van der Waals surface area contributed by atoms with Crippen molar-refractivity contribution < 1.29 is 14.7 Å². The number of aliphatic carboxylic acids is 1. The minimum Gasteiger partial charge on any atom is -0.480 e. The highest BCUT2D eigenvalue weighted by Gasteiger charge is 2.19. The Bertz CT molecular complexity index is 453. The summed E-state index contributed by atoms with van der Waals surface area (Å²) in [5, 5.41) is 11.6. The number of hydrogen-bond donors (Lipinski definition) is 2. The first-order valence-corrected chi connectivity index (χ1v) is 9.09. The highest BCUT2D eigenvalue weighted by Crippen LogP contribution is 2.20. The van der Waals surface area contributed by atoms with E-state index in [2.05, 4.69) is 21.2 Å². The average molecular weight is 378 g/mol. The fourth-order valence-electron chi connectivity index (χ4n) is 1.41. The average Bonchev–Trinajstić information content (AvgIpc) is 2.42. The first kappa shape index (κ1) is 17.4. The van der Waals surface area contributed by atoms with Crippen molar-refractivity contribution in [1.29, 1.82) is 0 Å². The van der Waals surface area contributed by atoms with Crippen LogP contribution >= 0.6 is 39.5 Å². The Kier molecular flexibility index (Phi) is 8.09. The first-order chi connectivity index (χ1) is 9.52. The van der Waals surface area contributed by atoms with Crippen LogP contribution in [0.25, 0.3) is 0 Å². The zero-order chi connectivity index (χ0) is 15.0. The van der Waals surface area contributed by atoms with Gasteiger partial charge in [-0.2, -0.15) is 11.8 Å². The van der Waals surface area contributed by atoms with Crippen molar-refractivity contribution in [3.8, 4) is 0 Å². The Morgan fingerprint density at radius 2 is 2.00 bits per heavy atom. The molecule has 1 amide bonds. The van der Waals surface area contributed by atoms with E-state index in [1.165, 1.54) is 11.8 Å². The smallest absolute Gasteiger partial charge is 0.326 e. The number of amides is 1. The molecule has 0 spiro atoms. The Balaban J connectivity index is 2.41. The number of rotatable bonds is 8. The summed E-state index contributed by atoms with van der Waals surface area (Å²) >= 11 is 6.29. The van der Waals surface area contributed by atoms with Crippen molar-refractivity contribution in [1.82, 2.24) is 5.32 Å². The van der Waals surface area contributed by atoms with Crippen LogP contribution < -0.4 is 5.32 Å². The topological polar surface area (TPSA) is 66.4 Å². The number of hydrogen-bond acceptors (Lipinski definition) is 4. The largest absolute Gasteiger partial charge is 0.480 e. The Hall–Kier alpha value is -0.660. The van der Waals surface area contributed by atoms with Crippen LogP contribution in [0.2, 0.25) is 0 Å². The molecule has 2 N–H and O–H groups in total. The lowest BCUT2D eigenvalue weighted by Gasteiger charge is -2.13. The van der Waals surface area contributed by atoms with E-state index in [0.29, 0.717) is 12.2 Å². The fraction of sp³-hybridized carbons (Fsp3) is 0.385. The molecular formula is C13H16BrNO3S2. The van der Waals surface area contributed by atoms with Crippen LogP contribution in [-0.2, 0) is 9.59 Å². The lowest BCUT2D eigenvalue weighted by Crippen LogP contribution is -2.42. The van der Waals surface area contributed by atoms with Crippen molar-refractivity contribution in [2.75, 3.05) is 17.8 Å². The van der Waals surface area contributed by atoms with Crippen LogP contribution in [-0.4, -0.2) is 40.8 Å². The molecule has 0 saturated heterocycles. The van der Waals surface area contributed by atoms with Gasteiger partial charge in [0.1, 0.15) is 6.04 Å².